The van der Waals surface area contributed by atoms with Gasteiger partial charge in [0.05, 0.1) is 17.5 Å². The fraction of sp³-hybridized carbons (Fsp3) is 0.409. The third kappa shape index (κ3) is 4.70. The first-order valence-corrected chi connectivity index (χ1v) is 11.6. The molecule has 2 aromatic rings. The number of hydrogen-bond acceptors (Lipinski definition) is 5. The summed E-state index contributed by atoms with van der Waals surface area (Å²) in [6, 6.07) is 10.7. The second-order valence-electron chi connectivity index (χ2n) is 7.32. The monoisotopic (exact) mass is 432 g/mol. The van der Waals surface area contributed by atoms with E-state index in [0.29, 0.717) is 23.6 Å². The van der Waals surface area contributed by atoms with E-state index < -0.39 is 10.0 Å². The van der Waals surface area contributed by atoms with Gasteiger partial charge in [-0.05, 0) is 56.0 Å². The Balaban J connectivity index is 1.81. The Morgan fingerprint density at radius 2 is 1.80 bits per heavy atom. The van der Waals surface area contributed by atoms with Crippen molar-refractivity contribution in [1.82, 2.24) is 5.32 Å². The van der Waals surface area contributed by atoms with Crippen molar-refractivity contribution in [2.24, 2.45) is 0 Å². The first kappa shape index (κ1) is 22.0. The maximum absolute atomic E-state index is 12.8. The van der Waals surface area contributed by atoms with Crippen molar-refractivity contribution in [3.63, 3.8) is 0 Å². The number of fused-ring (bicyclic) bond motifs is 1. The zero-order chi connectivity index (χ0) is 21.9. The second-order valence-corrected chi connectivity index (χ2v) is 9.50. The molecule has 1 aliphatic rings. The van der Waals surface area contributed by atoms with Gasteiger partial charge in [-0.2, -0.15) is 0 Å². The molecule has 0 saturated heterocycles. The standard InChI is InChI=1S/C22H28N2O5S/c1-5-19(17-8-7-15(3)16(4)11-17)23-22(25)13-24(30(26,27)6-2)18-9-10-20-21(12-18)29-14-28-20/h7-12,19H,5-6,13-14H2,1-4H3,(H,23,25)/t19-/m1/s1. The topological polar surface area (TPSA) is 84.9 Å². The number of anilines is 1. The quantitative estimate of drug-likeness (QED) is 0.691. The summed E-state index contributed by atoms with van der Waals surface area (Å²) in [5.41, 5.74) is 3.70. The predicted octanol–water partition coefficient (Wildman–Crippen LogP) is 3.46. The zero-order valence-electron chi connectivity index (χ0n) is 17.8. The summed E-state index contributed by atoms with van der Waals surface area (Å²) in [4.78, 5) is 12.8. The van der Waals surface area contributed by atoms with E-state index in [4.69, 9.17) is 9.47 Å². The smallest absolute Gasteiger partial charge is 0.241 e. The fourth-order valence-electron chi connectivity index (χ4n) is 3.32. The Labute approximate surface area is 178 Å². The molecule has 30 heavy (non-hydrogen) atoms. The normalized spacial score (nSPS) is 13.7. The number of amides is 1. The third-order valence-corrected chi connectivity index (χ3v) is 7.05. The van der Waals surface area contributed by atoms with E-state index in [-0.39, 0.29) is 31.0 Å². The van der Waals surface area contributed by atoms with E-state index in [1.807, 2.05) is 32.9 Å². The average molecular weight is 433 g/mol. The lowest BCUT2D eigenvalue weighted by molar-refractivity contribution is -0.120. The summed E-state index contributed by atoms with van der Waals surface area (Å²) >= 11 is 0. The van der Waals surface area contributed by atoms with Crippen LogP contribution in [0.4, 0.5) is 5.69 Å². The predicted molar refractivity (Wildman–Crippen MR) is 116 cm³/mol. The van der Waals surface area contributed by atoms with Crippen molar-refractivity contribution in [1.29, 1.82) is 0 Å². The van der Waals surface area contributed by atoms with Crippen LogP contribution in [0.2, 0.25) is 0 Å². The van der Waals surface area contributed by atoms with E-state index in [2.05, 4.69) is 11.4 Å². The number of ether oxygens (including phenoxy) is 2. The molecule has 0 aromatic heterocycles. The Morgan fingerprint density at radius 1 is 1.07 bits per heavy atom. The van der Waals surface area contributed by atoms with Gasteiger partial charge in [0.25, 0.3) is 0 Å². The molecule has 7 nitrogen and oxygen atoms in total. The van der Waals surface area contributed by atoms with Crippen LogP contribution in [-0.4, -0.2) is 33.4 Å². The lowest BCUT2D eigenvalue weighted by Crippen LogP contribution is -2.42. The molecule has 0 radical (unpaired) electrons. The van der Waals surface area contributed by atoms with Crippen LogP contribution in [-0.2, 0) is 14.8 Å². The van der Waals surface area contributed by atoms with Crippen molar-refractivity contribution < 1.29 is 22.7 Å². The minimum Gasteiger partial charge on any atom is -0.454 e. The molecule has 162 valence electrons. The highest BCUT2D eigenvalue weighted by Crippen LogP contribution is 2.36. The largest absolute Gasteiger partial charge is 0.454 e. The van der Waals surface area contributed by atoms with Crippen LogP contribution >= 0.6 is 0 Å². The van der Waals surface area contributed by atoms with E-state index in [0.717, 1.165) is 15.4 Å². The van der Waals surface area contributed by atoms with Crippen LogP contribution in [0.5, 0.6) is 11.5 Å². The van der Waals surface area contributed by atoms with Crippen molar-refractivity contribution in [3.05, 3.63) is 53.1 Å². The number of carbonyl (C=O) groups is 1. The molecule has 0 fully saturated rings. The zero-order valence-corrected chi connectivity index (χ0v) is 18.6. The highest BCUT2D eigenvalue weighted by Gasteiger charge is 2.26. The van der Waals surface area contributed by atoms with Gasteiger partial charge in [0, 0.05) is 6.07 Å². The SMILES string of the molecule is CC[C@@H](NC(=O)CN(c1ccc2c(c1)OCO2)S(=O)(=O)CC)c1ccc(C)c(C)c1. The minimum atomic E-state index is -3.67. The molecule has 8 heteroatoms. The van der Waals surface area contributed by atoms with Gasteiger partial charge in [0.15, 0.2) is 11.5 Å². The van der Waals surface area contributed by atoms with E-state index >= 15 is 0 Å². The van der Waals surface area contributed by atoms with Gasteiger partial charge in [-0.1, -0.05) is 25.1 Å². The summed E-state index contributed by atoms with van der Waals surface area (Å²) in [6.07, 6.45) is 0.693. The first-order valence-electron chi connectivity index (χ1n) is 10.0. The molecule has 0 saturated carbocycles. The van der Waals surface area contributed by atoms with Gasteiger partial charge in [0.1, 0.15) is 6.54 Å². The van der Waals surface area contributed by atoms with Crippen LogP contribution in [0.3, 0.4) is 0 Å². The molecular formula is C22H28N2O5S. The van der Waals surface area contributed by atoms with Gasteiger partial charge < -0.3 is 14.8 Å². The van der Waals surface area contributed by atoms with Crippen molar-refractivity contribution in [2.75, 3.05) is 23.4 Å². The highest BCUT2D eigenvalue weighted by molar-refractivity contribution is 7.92. The molecule has 0 aliphatic carbocycles. The third-order valence-electron chi connectivity index (χ3n) is 5.31. The Morgan fingerprint density at radius 3 is 2.47 bits per heavy atom. The molecule has 0 unspecified atom stereocenters. The number of nitrogens with zero attached hydrogens (tertiary/aromatic N) is 1. The maximum Gasteiger partial charge on any atom is 0.241 e. The van der Waals surface area contributed by atoms with Gasteiger partial charge in [-0.15, -0.1) is 0 Å². The van der Waals surface area contributed by atoms with Crippen LogP contribution < -0.4 is 19.1 Å². The lowest BCUT2D eigenvalue weighted by Gasteiger charge is -2.25. The van der Waals surface area contributed by atoms with Crippen LogP contribution in [0.15, 0.2) is 36.4 Å². The summed E-state index contributed by atoms with van der Waals surface area (Å²) in [6.45, 7) is 7.39. The van der Waals surface area contributed by atoms with Gasteiger partial charge >= 0.3 is 0 Å². The van der Waals surface area contributed by atoms with E-state index in [1.54, 1.807) is 25.1 Å². The summed E-state index contributed by atoms with van der Waals surface area (Å²) in [5.74, 6) is 0.529. The number of aryl methyl sites for hydroxylation is 2. The minimum absolute atomic E-state index is 0.0912. The molecule has 0 spiro atoms. The van der Waals surface area contributed by atoms with Crippen LogP contribution in [0.1, 0.15) is 43.0 Å². The van der Waals surface area contributed by atoms with Crippen LogP contribution in [0.25, 0.3) is 0 Å². The Hall–Kier alpha value is -2.74. The number of carbonyl (C=O) groups excluding carboxylic acids is 1. The van der Waals surface area contributed by atoms with E-state index in [1.165, 1.54) is 5.56 Å². The summed E-state index contributed by atoms with van der Waals surface area (Å²) < 4.78 is 37.2. The summed E-state index contributed by atoms with van der Waals surface area (Å²) in [7, 11) is -3.67. The molecule has 1 amide bonds. The maximum atomic E-state index is 12.8. The first-order chi connectivity index (χ1) is 14.2. The molecule has 1 aliphatic heterocycles. The number of nitrogens with one attached hydrogen (secondary N) is 1. The van der Waals surface area contributed by atoms with Gasteiger partial charge in [0.2, 0.25) is 22.7 Å². The summed E-state index contributed by atoms with van der Waals surface area (Å²) in [5, 5.41) is 2.98. The number of benzene rings is 2. The average Bonchev–Trinajstić information content (AvgIpc) is 3.20. The molecule has 1 heterocycles. The lowest BCUT2D eigenvalue weighted by atomic mass is 9.99. The molecule has 1 N–H and O–H groups in total. The number of rotatable bonds is 8. The molecular weight excluding hydrogens is 404 g/mol. The van der Waals surface area contributed by atoms with E-state index in [9.17, 15) is 13.2 Å². The number of sulfonamides is 1. The van der Waals surface area contributed by atoms with Crippen LogP contribution in [0, 0.1) is 13.8 Å². The Bertz CT molecular complexity index is 1040. The van der Waals surface area contributed by atoms with Crippen molar-refractivity contribution >= 4 is 21.6 Å². The number of hydrogen-bond donors (Lipinski definition) is 1. The van der Waals surface area contributed by atoms with Gasteiger partial charge in [-0.25, -0.2) is 8.42 Å². The second kappa shape index (κ2) is 8.95. The Kier molecular flexibility index (Phi) is 6.55. The molecule has 2 aromatic carbocycles. The molecule has 0 bridgehead atoms. The van der Waals surface area contributed by atoms with Crippen molar-refractivity contribution in [2.45, 2.75) is 40.2 Å². The molecule has 1 atom stereocenters. The fourth-order valence-corrected chi connectivity index (χ4v) is 4.38. The molecule has 3 rings (SSSR count). The van der Waals surface area contributed by atoms with Gasteiger partial charge in [-0.3, -0.25) is 9.10 Å². The van der Waals surface area contributed by atoms with Crippen molar-refractivity contribution in [3.8, 4) is 11.5 Å². The highest BCUT2D eigenvalue weighted by atomic mass is 32.2.